The van der Waals surface area contributed by atoms with E-state index in [4.69, 9.17) is 5.73 Å². The predicted octanol–water partition coefficient (Wildman–Crippen LogP) is 0.901. The smallest absolute Gasteiger partial charge is 0.265 e. The first-order valence-electron chi connectivity index (χ1n) is 6.12. The van der Waals surface area contributed by atoms with Gasteiger partial charge >= 0.3 is 0 Å². The highest BCUT2D eigenvalue weighted by atomic mass is 32.1. The Bertz CT molecular complexity index is 565. The number of carbonyl (C=O) groups is 1. The minimum absolute atomic E-state index is 0.231. The van der Waals surface area contributed by atoms with Crippen molar-refractivity contribution < 1.29 is 9.32 Å². The number of nitrogens with zero attached hydrogens (tertiary/aromatic N) is 3. The van der Waals surface area contributed by atoms with E-state index >= 15 is 0 Å². The summed E-state index contributed by atoms with van der Waals surface area (Å²) in [5.74, 6) is 0.528. The number of thiazole rings is 1. The number of amides is 1. The van der Waals surface area contributed by atoms with Crippen molar-refractivity contribution in [3.63, 3.8) is 0 Å². The quantitative estimate of drug-likeness (QED) is 0.724. The standard InChI is InChI=1S/C11H16N6O2S/c1-6(2)15-11-16-9(12)8(20-11)10(18)13-4-3-7-14-5-19-17-7/h5-6H,3-4,12H2,1-2H3,(H,13,18)(H,15,16). The molecule has 0 saturated carbocycles. The Morgan fingerprint density at radius 1 is 1.55 bits per heavy atom. The van der Waals surface area contributed by atoms with Crippen LogP contribution < -0.4 is 16.4 Å². The van der Waals surface area contributed by atoms with Crippen LogP contribution in [0.5, 0.6) is 0 Å². The molecule has 108 valence electrons. The Balaban J connectivity index is 1.90. The maximum Gasteiger partial charge on any atom is 0.265 e. The van der Waals surface area contributed by atoms with Crippen molar-refractivity contribution in [1.29, 1.82) is 0 Å². The monoisotopic (exact) mass is 296 g/mol. The summed E-state index contributed by atoms with van der Waals surface area (Å²) in [6.07, 6.45) is 1.75. The molecule has 2 aromatic rings. The van der Waals surface area contributed by atoms with E-state index in [0.29, 0.717) is 28.8 Å². The van der Waals surface area contributed by atoms with Crippen molar-refractivity contribution in [2.45, 2.75) is 26.3 Å². The fourth-order valence-electron chi connectivity index (χ4n) is 1.47. The molecule has 1 amide bonds. The van der Waals surface area contributed by atoms with Crippen molar-refractivity contribution in [3.05, 3.63) is 17.1 Å². The largest absolute Gasteiger partial charge is 0.382 e. The zero-order valence-corrected chi connectivity index (χ0v) is 12.0. The van der Waals surface area contributed by atoms with Gasteiger partial charge in [0.2, 0.25) is 6.39 Å². The second kappa shape index (κ2) is 6.33. The van der Waals surface area contributed by atoms with Gasteiger partial charge in [0.15, 0.2) is 11.0 Å². The molecule has 0 unspecified atom stereocenters. The molecule has 0 saturated heterocycles. The lowest BCUT2D eigenvalue weighted by Crippen LogP contribution is -2.25. The van der Waals surface area contributed by atoms with E-state index in [2.05, 4.69) is 30.3 Å². The van der Waals surface area contributed by atoms with Crippen LogP contribution in [0.25, 0.3) is 0 Å². The van der Waals surface area contributed by atoms with Gasteiger partial charge in [-0.2, -0.15) is 4.98 Å². The molecule has 0 atom stereocenters. The minimum atomic E-state index is -0.250. The summed E-state index contributed by atoms with van der Waals surface area (Å²) in [4.78, 5) is 20.4. The van der Waals surface area contributed by atoms with Gasteiger partial charge in [0, 0.05) is 19.0 Å². The number of nitrogens with one attached hydrogen (secondary N) is 2. The average Bonchev–Trinajstić information content (AvgIpc) is 2.98. The van der Waals surface area contributed by atoms with Gasteiger partial charge in [0.1, 0.15) is 10.7 Å². The van der Waals surface area contributed by atoms with Crippen LogP contribution in [0.2, 0.25) is 0 Å². The molecule has 0 aliphatic heterocycles. The molecule has 0 radical (unpaired) electrons. The van der Waals surface area contributed by atoms with Crippen LogP contribution in [-0.2, 0) is 6.42 Å². The highest BCUT2D eigenvalue weighted by Gasteiger charge is 2.16. The van der Waals surface area contributed by atoms with E-state index in [9.17, 15) is 4.79 Å². The van der Waals surface area contributed by atoms with E-state index in [1.54, 1.807) is 0 Å². The number of carbonyl (C=O) groups excluding carboxylic acids is 1. The van der Waals surface area contributed by atoms with Gasteiger partial charge in [-0.15, -0.1) is 0 Å². The third kappa shape index (κ3) is 3.67. The summed E-state index contributed by atoms with van der Waals surface area (Å²) in [5, 5.41) is 10.2. The number of aromatic nitrogens is 3. The summed E-state index contributed by atoms with van der Waals surface area (Å²) in [6.45, 7) is 4.38. The molecule has 0 aromatic carbocycles. The molecule has 4 N–H and O–H groups in total. The first-order valence-corrected chi connectivity index (χ1v) is 6.94. The molecule has 0 aliphatic carbocycles. The molecule has 0 bridgehead atoms. The van der Waals surface area contributed by atoms with Gasteiger partial charge in [-0.05, 0) is 13.8 Å². The van der Waals surface area contributed by atoms with Crippen molar-refractivity contribution in [2.75, 3.05) is 17.6 Å². The maximum absolute atomic E-state index is 12.0. The molecule has 0 spiro atoms. The fraction of sp³-hybridized carbons (Fsp3) is 0.455. The Labute approximate surface area is 119 Å². The second-order valence-corrected chi connectivity index (χ2v) is 5.38. The third-order valence-electron chi connectivity index (χ3n) is 2.31. The van der Waals surface area contributed by atoms with Crippen molar-refractivity contribution >= 4 is 28.2 Å². The van der Waals surface area contributed by atoms with E-state index in [1.807, 2.05) is 13.8 Å². The van der Waals surface area contributed by atoms with E-state index in [-0.39, 0.29) is 17.8 Å². The first-order chi connectivity index (χ1) is 9.56. The number of hydrogen-bond donors (Lipinski definition) is 3. The van der Waals surface area contributed by atoms with Crippen LogP contribution in [-0.4, -0.2) is 33.6 Å². The SMILES string of the molecule is CC(C)Nc1nc(N)c(C(=O)NCCc2ncon2)s1. The van der Waals surface area contributed by atoms with E-state index < -0.39 is 0 Å². The van der Waals surface area contributed by atoms with Gasteiger partial charge in [0.25, 0.3) is 5.91 Å². The van der Waals surface area contributed by atoms with E-state index in [0.717, 1.165) is 0 Å². The van der Waals surface area contributed by atoms with Gasteiger partial charge in [0.05, 0.1) is 0 Å². The molecule has 9 heteroatoms. The Morgan fingerprint density at radius 3 is 3.00 bits per heavy atom. The maximum atomic E-state index is 12.0. The molecule has 20 heavy (non-hydrogen) atoms. The van der Waals surface area contributed by atoms with Crippen molar-refractivity contribution in [3.8, 4) is 0 Å². The number of nitrogens with two attached hydrogens (primary N) is 1. The number of anilines is 2. The summed E-state index contributed by atoms with van der Waals surface area (Å²) in [5.41, 5.74) is 5.74. The lowest BCUT2D eigenvalue weighted by molar-refractivity contribution is 0.0958. The van der Waals surface area contributed by atoms with Gasteiger partial charge in [-0.3, -0.25) is 4.79 Å². The van der Waals surface area contributed by atoms with Gasteiger partial charge in [-0.25, -0.2) is 4.98 Å². The molecule has 2 rings (SSSR count). The van der Waals surface area contributed by atoms with Crippen LogP contribution >= 0.6 is 11.3 Å². The zero-order valence-electron chi connectivity index (χ0n) is 11.2. The number of rotatable bonds is 6. The van der Waals surface area contributed by atoms with Gasteiger partial charge < -0.3 is 20.9 Å². The Kier molecular flexibility index (Phi) is 4.51. The molecular formula is C11H16N6O2S. The van der Waals surface area contributed by atoms with Crippen LogP contribution in [0.1, 0.15) is 29.3 Å². The van der Waals surface area contributed by atoms with Crippen molar-refractivity contribution in [2.24, 2.45) is 0 Å². The van der Waals surface area contributed by atoms with Crippen LogP contribution in [0.4, 0.5) is 10.9 Å². The second-order valence-electron chi connectivity index (χ2n) is 4.39. The molecular weight excluding hydrogens is 280 g/mol. The average molecular weight is 296 g/mol. The number of hydrogen-bond acceptors (Lipinski definition) is 8. The van der Waals surface area contributed by atoms with Crippen LogP contribution in [0.3, 0.4) is 0 Å². The molecule has 0 aliphatic rings. The summed E-state index contributed by atoms with van der Waals surface area (Å²) in [6, 6.07) is 0.231. The van der Waals surface area contributed by atoms with Crippen LogP contribution in [0, 0.1) is 0 Å². The highest BCUT2D eigenvalue weighted by Crippen LogP contribution is 2.25. The molecule has 2 heterocycles. The summed E-state index contributed by atoms with van der Waals surface area (Å²) < 4.78 is 4.61. The highest BCUT2D eigenvalue weighted by molar-refractivity contribution is 7.18. The topological polar surface area (TPSA) is 119 Å². The Morgan fingerprint density at radius 2 is 2.35 bits per heavy atom. The summed E-state index contributed by atoms with van der Waals surface area (Å²) >= 11 is 1.23. The molecule has 8 nitrogen and oxygen atoms in total. The molecule has 0 fully saturated rings. The van der Waals surface area contributed by atoms with Crippen LogP contribution in [0.15, 0.2) is 10.9 Å². The molecule has 2 aromatic heterocycles. The normalized spacial score (nSPS) is 10.8. The third-order valence-corrected chi connectivity index (χ3v) is 3.31. The lowest BCUT2D eigenvalue weighted by Gasteiger charge is -2.04. The van der Waals surface area contributed by atoms with Gasteiger partial charge in [-0.1, -0.05) is 16.5 Å². The fourth-order valence-corrected chi connectivity index (χ4v) is 2.42. The zero-order chi connectivity index (χ0) is 14.5. The Hall–Kier alpha value is -2.16. The number of nitrogen functional groups attached to an aromatic ring is 1. The lowest BCUT2D eigenvalue weighted by atomic mass is 10.4. The first kappa shape index (κ1) is 14.3. The predicted molar refractivity (Wildman–Crippen MR) is 75.6 cm³/mol. The minimum Gasteiger partial charge on any atom is -0.382 e. The van der Waals surface area contributed by atoms with E-state index in [1.165, 1.54) is 17.7 Å². The summed E-state index contributed by atoms with van der Waals surface area (Å²) in [7, 11) is 0. The van der Waals surface area contributed by atoms with Crippen molar-refractivity contribution in [1.82, 2.24) is 20.4 Å².